The average molecular weight is 613 g/mol. The van der Waals surface area contributed by atoms with E-state index in [-0.39, 0.29) is 28.2 Å². The lowest BCUT2D eigenvalue weighted by atomic mass is 9.97. The highest BCUT2D eigenvalue weighted by Gasteiger charge is 2.38. The monoisotopic (exact) mass is 612 g/mol. The standard InChI is InChI=1S/C30H33ClF4N2O5/c1-40-29(39)26-3-2-8-37(26)28(38)24-14-23(20-4-5-20)27(15-25(24)32)41-17-18-6-9-36(10-7-18)16-19-11-21(31)13-22(12-19)42-30(33,34)35/h11-15,18,20,26H,2-10,16-17H2,1H3/t26-/m0/s1. The van der Waals surface area contributed by atoms with Gasteiger partial charge in [-0.25, -0.2) is 9.18 Å². The van der Waals surface area contributed by atoms with Crippen LogP contribution in [0.2, 0.25) is 5.02 Å². The Kier molecular flexibility index (Phi) is 9.17. The third-order valence-electron chi connectivity index (χ3n) is 8.09. The maximum Gasteiger partial charge on any atom is 0.573 e. The van der Waals surface area contributed by atoms with E-state index in [1.165, 1.54) is 24.1 Å². The summed E-state index contributed by atoms with van der Waals surface area (Å²) in [5, 5.41) is 0.171. The van der Waals surface area contributed by atoms with Crippen LogP contribution in [0.3, 0.4) is 0 Å². The SMILES string of the molecule is COC(=O)[C@@H]1CCCN1C(=O)c1cc(C2CC2)c(OCC2CCN(Cc3cc(Cl)cc(OC(F)(F)F)c3)CC2)cc1F. The second-order valence-corrected chi connectivity index (χ2v) is 11.6. The summed E-state index contributed by atoms with van der Waals surface area (Å²) in [7, 11) is 1.27. The Balaban J connectivity index is 1.18. The molecule has 2 heterocycles. The summed E-state index contributed by atoms with van der Waals surface area (Å²) in [6.07, 6.45) is -0.191. The number of hydrogen-bond acceptors (Lipinski definition) is 6. The van der Waals surface area contributed by atoms with Gasteiger partial charge in [0.25, 0.3) is 5.91 Å². The third-order valence-corrected chi connectivity index (χ3v) is 8.30. The number of carbonyl (C=O) groups excluding carboxylic acids is 2. The second-order valence-electron chi connectivity index (χ2n) is 11.2. The van der Waals surface area contributed by atoms with Crippen molar-refractivity contribution in [3.05, 3.63) is 57.9 Å². The smallest absolute Gasteiger partial charge is 0.493 e. The highest BCUT2D eigenvalue weighted by Crippen LogP contribution is 2.45. The lowest BCUT2D eigenvalue weighted by Gasteiger charge is -2.32. The lowest BCUT2D eigenvalue weighted by molar-refractivity contribution is -0.274. The Hall–Kier alpha value is -3.05. The lowest BCUT2D eigenvalue weighted by Crippen LogP contribution is -2.41. The number of rotatable bonds is 9. The molecule has 2 saturated heterocycles. The molecule has 7 nitrogen and oxygen atoms in total. The number of nitrogens with zero attached hydrogens (tertiary/aromatic N) is 2. The summed E-state index contributed by atoms with van der Waals surface area (Å²) in [6.45, 7) is 2.61. The van der Waals surface area contributed by atoms with E-state index in [4.69, 9.17) is 21.1 Å². The van der Waals surface area contributed by atoms with Crippen LogP contribution in [0.4, 0.5) is 17.6 Å². The largest absolute Gasteiger partial charge is 0.573 e. The Labute approximate surface area is 246 Å². The second kappa shape index (κ2) is 12.7. The van der Waals surface area contributed by atoms with Crippen LogP contribution in [-0.2, 0) is 16.1 Å². The maximum atomic E-state index is 15.3. The fraction of sp³-hybridized carbons (Fsp3) is 0.533. The summed E-state index contributed by atoms with van der Waals surface area (Å²) in [6, 6.07) is 6.27. The fourth-order valence-electron chi connectivity index (χ4n) is 5.80. The first kappa shape index (κ1) is 30.4. The summed E-state index contributed by atoms with van der Waals surface area (Å²) < 4.78 is 68.1. The number of carbonyl (C=O) groups is 2. The normalized spacial score (nSPS) is 20.0. The van der Waals surface area contributed by atoms with Crippen LogP contribution in [0.1, 0.15) is 65.9 Å². The Bertz CT molecular complexity index is 1310. The van der Waals surface area contributed by atoms with Crippen LogP contribution < -0.4 is 9.47 Å². The van der Waals surface area contributed by atoms with Gasteiger partial charge in [0.1, 0.15) is 23.4 Å². The van der Waals surface area contributed by atoms with E-state index in [0.717, 1.165) is 37.3 Å². The van der Waals surface area contributed by atoms with Crippen molar-refractivity contribution < 1.29 is 41.4 Å². The van der Waals surface area contributed by atoms with E-state index >= 15 is 4.39 Å². The van der Waals surface area contributed by atoms with Crippen molar-refractivity contribution in [2.45, 2.75) is 63.4 Å². The van der Waals surface area contributed by atoms with Crippen LogP contribution in [0.15, 0.2) is 30.3 Å². The highest BCUT2D eigenvalue weighted by molar-refractivity contribution is 6.30. The molecular formula is C30H33ClF4N2O5. The van der Waals surface area contributed by atoms with Gasteiger partial charge >= 0.3 is 12.3 Å². The first-order valence-electron chi connectivity index (χ1n) is 14.1. The molecule has 0 aromatic heterocycles. The summed E-state index contributed by atoms with van der Waals surface area (Å²) in [4.78, 5) is 28.9. The molecule has 1 saturated carbocycles. The topological polar surface area (TPSA) is 68.3 Å². The molecule has 0 bridgehead atoms. The van der Waals surface area contributed by atoms with Crippen molar-refractivity contribution in [2.24, 2.45) is 5.92 Å². The molecule has 2 aromatic rings. The van der Waals surface area contributed by atoms with E-state index in [1.807, 2.05) is 0 Å². The summed E-state index contributed by atoms with van der Waals surface area (Å²) >= 11 is 6.01. The quantitative estimate of drug-likeness (QED) is 0.244. The minimum atomic E-state index is -4.79. The number of benzene rings is 2. The minimum Gasteiger partial charge on any atom is -0.493 e. The zero-order valence-electron chi connectivity index (χ0n) is 23.2. The van der Waals surface area contributed by atoms with Gasteiger partial charge in [0.15, 0.2) is 0 Å². The van der Waals surface area contributed by atoms with E-state index in [0.29, 0.717) is 56.9 Å². The molecule has 2 aromatic carbocycles. The third kappa shape index (κ3) is 7.47. The molecule has 0 radical (unpaired) electrons. The van der Waals surface area contributed by atoms with E-state index in [2.05, 4.69) is 9.64 Å². The fourth-order valence-corrected chi connectivity index (χ4v) is 6.05. The molecule has 1 atom stereocenters. The zero-order chi connectivity index (χ0) is 30.0. The molecule has 228 valence electrons. The molecule has 3 fully saturated rings. The molecule has 2 aliphatic heterocycles. The molecule has 0 spiro atoms. The van der Waals surface area contributed by atoms with Crippen molar-refractivity contribution in [2.75, 3.05) is 33.4 Å². The van der Waals surface area contributed by atoms with Crippen LogP contribution in [0.25, 0.3) is 0 Å². The van der Waals surface area contributed by atoms with Crippen molar-refractivity contribution in [1.82, 2.24) is 9.80 Å². The number of amides is 1. The number of hydrogen-bond donors (Lipinski definition) is 0. The van der Waals surface area contributed by atoms with Gasteiger partial charge in [0.05, 0.1) is 19.3 Å². The van der Waals surface area contributed by atoms with Gasteiger partial charge < -0.3 is 19.1 Å². The van der Waals surface area contributed by atoms with Gasteiger partial charge in [0.2, 0.25) is 0 Å². The molecule has 42 heavy (non-hydrogen) atoms. The molecule has 1 amide bonds. The predicted octanol–water partition coefficient (Wildman–Crippen LogP) is 6.32. The first-order chi connectivity index (χ1) is 20.0. The van der Waals surface area contributed by atoms with Crippen LogP contribution in [-0.4, -0.2) is 67.4 Å². The van der Waals surface area contributed by atoms with E-state index < -0.39 is 30.1 Å². The number of likely N-dealkylation sites (tertiary alicyclic amines) is 2. The van der Waals surface area contributed by atoms with Crippen LogP contribution >= 0.6 is 11.6 Å². The molecular weight excluding hydrogens is 580 g/mol. The number of ether oxygens (including phenoxy) is 3. The van der Waals surface area contributed by atoms with Gasteiger partial charge in [-0.1, -0.05) is 11.6 Å². The Morgan fingerprint density at radius 2 is 1.74 bits per heavy atom. The number of esters is 1. The highest BCUT2D eigenvalue weighted by atomic mass is 35.5. The molecule has 0 unspecified atom stereocenters. The van der Waals surface area contributed by atoms with Gasteiger partial charge in [-0.15, -0.1) is 13.2 Å². The summed E-state index contributed by atoms with van der Waals surface area (Å²) in [5.41, 5.74) is 1.38. The number of halogens is 5. The number of piperidine rings is 1. The number of methoxy groups -OCH3 is 1. The van der Waals surface area contributed by atoms with Gasteiger partial charge in [-0.2, -0.15) is 0 Å². The van der Waals surface area contributed by atoms with Crippen LogP contribution in [0, 0.1) is 11.7 Å². The zero-order valence-corrected chi connectivity index (χ0v) is 24.0. The minimum absolute atomic E-state index is 0.0573. The Morgan fingerprint density at radius 3 is 2.40 bits per heavy atom. The van der Waals surface area contributed by atoms with E-state index in [9.17, 15) is 22.8 Å². The van der Waals surface area contributed by atoms with Gasteiger partial charge in [-0.3, -0.25) is 9.69 Å². The molecule has 3 aliphatic rings. The molecule has 1 aliphatic carbocycles. The predicted molar refractivity (Wildman–Crippen MR) is 146 cm³/mol. The average Bonchev–Trinajstić information content (AvgIpc) is 3.65. The molecule has 0 N–H and O–H groups in total. The van der Waals surface area contributed by atoms with Gasteiger partial charge in [0, 0.05) is 24.2 Å². The first-order valence-corrected chi connectivity index (χ1v) is 14.5. The molecule has 12 heteroatoms. The summed E-state index contributed by atoms with van der Waals surface area (Å²) in [5.74, 6) is -1.18. The Morgan fingerprint density at radius 1 is 1.00 bits per heavy atom. The van der Waals surface area contributed by atoms with Crippen LogP contribution in [0.5, 0.6) is 11.5 Å². The van der Waals surface area contributed by atoms with Gasteiger partial charge in [-0.05, 0) is 98.8 Å². The maximum absolute atomic E-state index is 15.3. The van der Waals surface area contributed by atoms with Crippen molar-refractivity contribution in [3.8, 4) is 11.5 Å². The van der Waals surface area contributed by atoms with Crippen molar-refractivity contribution >= 4 is 23.5 Å². The van der Waals surface area contributed by atoms with Crippen molar-refractivity contribution in [1.29, 1.82) is 0 Å². The molecule has 5 rings (SSSR count). The van der Waals surface area contributed by atoms with E-state index in [1.54, 1.807) is 12.1 Å². The number of alkyl halides is 3. The van der Waals surface area contributed by atoms with Crippen molar-refractivity contribution in [3.63, 3.8) is 0 Å².